The summed E-state index contributed by atoms with van der Waals surface area (Å²) in [6.45, 7) is -0.378. The molecule has 102 valence electrons. The smallest absolute Gasteiger partial charge is 0.341 e. The van der Waals surface area contributed by atoms with Gasteiger partial charge < -0.3 is 9.84 Å². The fraction of sp³-hybridized carbons (Fsp3) is 0.0667. The van der Waals surface area contributed by atoms with Crippen LogP contribution in [-0.4, -0.2) is 23.9 Å². The molecule has 0 saturated carbocycles. The van der Waals surface area contributed by atoms with Gasteiger partial charge >= 0.3 is 5.97 Å². The summed E-state index contributed by atoms with van der Waals surface area (Å²) in [5, 5.41) is 12.7. The summed E-state index contributed by atoms with van der Waals surface area (Å²) in [7, 11) is 0. The molecule has 2 rings (SSSR count). The van der Waals surface area contributed by atoms with Crippen molar-refractivity contribution in [2.45, 2.75) is 0 Å². The number of carbonyl (C=O) groups is 1. The van der Waals surface area contributed by atoms with Crippen LogP contribution in [0.2, 0.25) is 0 Å². The third kappa shape index (κ3) is 4.13. The number of hydrogen-bond acceptors (Lipinski definition) is 4. The predicted molar refractivity (Wildman–Crippen MR) is 77.2 cm³/mol. The zero-order chi connectivity index (χ0) is 14.2. The molecule has 0 aliphatic carbocycles. The van der Waals surface area contributed by atoms with Gasteiger partial charge in [0, 0.05) is 5.56 Å². The Hall–Kier alpha value is -2.82. The van der Waals surface area contributed by atoms with Gasteiger partial charge in [0.2, 0.25) is 0 Å². The highest BCUT2D eigenvalue weighted by molar-refractivity contribution is 5.84. The number of carboxylic acids is 1. The molecule has 0 unspecified atom stereocenters. The van der Waals surface area contributed by atoms with Crippen LogP contribution in [0.5, 0.6) is 5.75 Å². The molecule has 5 nitrogen and oxygen atoms in total. The minimum absolute atomic E-state index is 0.378. The number of nitrogens with zero attached hydrogens (tertiary/aromatic N) is 1. The number of hydrazone groups is 1. The molecule has 0 aliphatic rings. The van der Waals surface area contributed by atoms with E-state index in [2.05, 4.69) is 10.5 Å². The third-order valence-electron chi connectivity index (χ3n) is 2.44. The van der Waals surface area contributed by atoms with E-state index in [1.807, 2.05) is 36.4 Å². The highest BCUT2D eigenvalue weighted by Crippen LogP contribution is 2.16. The number of aliphatic carboxylic acids is 1. The number of anilines is 1. The lowest BCUT2D eigenvalue weighted by atomic mass is 10.2. The SMILES string of the molecule is O=C(O)COc1ccccc1C=NNc1ccccc1. The maximum absolute atomic E-state index is 10.5. The van der Waals surface area contributed by atoms with Crippen molar-refractivity contribution in [2.75, 3.05) is 12.0 Å². The molecule has 2 N–H and O–H groups in total. The highest BCUT2D eigenvalue weighted by Gasteiger charge is 2.03. The van der Waals surface area contributed by atoms with Gasteiger partial charge in [0.25, 0.3) is 0 Å². The van der Waals surface area contributed by atoms with Crippen molar-refractivity contribution in [2.24, 2.45) is 5.10 Å². The predicted octanol–water partition coefficient (Wildman–Crippen LogP) is 2.60. The molecule has 0 amide bonds. The number of hydrogen-bond donors (Lipinski definition) is 2. The Bertz CT molecular complexity index is 597. The monoisotopic (exact) mass is 270 g/mol. The average molecular weight is 270 g/mol. The van der Waals surface area contributed by atoms with E-state index in [9.17, 15) is 4.79 Å². The van der Waals surface area contributed by atoms with Gasteiger partial charge in [0.05, 0.1) is 11.9 Å². The van der Waals surface area contributed by atoms with E-state index >= 15 is 0 Å². The van der Waals surface area contributed by atoms with E-state index in [4.69, 9.17) is 9.84 Å². The molecular weight excluding hydrogens is 256 g/mol. The summed E-state index contributed by atoms with van der Waals surface area (Å²) in [6.07, 6.45) is 1.59. The average Bonchev–Trinajstić information content (AvgIpc) is 2.47. The fourth-order valence-corrected chi connectivity index (χ4v) is 1.55. The van der Waals surface area contributed by atoms with E-state index < -0.39 is 5.97 Å². The largest absolute Gasteiger partial charge is 0.481 e. The van der Waals surface area contributed by atoms with Gasteiger partial charge in [-0.3, -0.25) is 5.43 Å². The Morgan fingerprint density at radius 2 is 1.85 bits per heavy atom. The first kappa shape index (κ1) is 13.6. The molecular formula is C15H14N2O3. The number of nitrogens with one attached hydrogen (secondary N) is 1. The van der Waals surface area contributed by atoms with E-state index in [-0.39, 0.29) is 6.61 Å². The molecule has 0 radical (unpaired) electrons. The van der Waals surface area contributed by atoms with E-state index in [0.29, 0.717) is 11.3 Å². The molecule has 2 aromatic rings. The molecule has 0 spiro atoms. The van der Waals surface area contributed by atoms with Gasteiger partial charge in [-0.25, -0.2) is 4.79 Å². The lowest BCUT2D eigenvalue weighted by Gasteiger charge is -2.06. The van der Waals surface area contributed by atoms with Crippen molar-refractivity contribution in [3.8, 4) is 5.75 Å². The zero-order valence-electron chi connectivity index (χ0n) is 10.7. The Morgan fingerprint density at radius 1 is 1.15 bits per heavy atom. The third-order valence-corrected chi connectivity index (χ3v) is 2.44. The molecule has 0 aromatic heterocycles. The number of ether oxygens (including phenoxy) is 1. The van der Waals surface area contributed by atoms with Crippen LogP contribution in [0.25, 0.3) is 0 Å². The molecule has 0 aliphatic heterocycles. The van der Waals surface area contributed by atoms with Gasteiger partial charge in [-0.05, 0) is 24.3 Å². The van der Waals surface area contributed by atoms with Crippen LogP contribution in [0.15, 0.2) is 59.7 Å². The normalized spacial score (nSPS) is 10.4. The maximum Gasteiger partial charge on any atom is 0.341 e. The zero-order valence-corrected chi connectivity index (χ0v) is 10.7. The van der Waals surface area contributed by atoms with Gasteiger partial charge in [-0.1, -0.05) is 30.3 Å². The Labute approximate surface area is 116 Å². The topological polar surface area (TPSA) is 70.9 Å². The first-order chi connectivity index (χ1) is 9.75. The van der Waals surface area contributed by atoms with Crippen LogP contribution in [0.1, 0.15) is 5.56 Å². The van der Waals surface area contributed by atoms with Crippen LogP contribution in [0, 0.1) is 0 Å². The van der Waals surface area contributed by atoms with Crippen LogP contribution >= 0.6 is 0 Å². The lowest BCUT2D eigenvalue weighted by Crippen LogP contribution is -2.10. The van der Waals surface area contributed by atoms with Gasteiger partial charge in [-0.2, -0.15) is 5.10 Å². The molecule has 2 aromatic carbocycles. The fourth-order valence-electron chi connectivity index (χ4n) is 1.55. The van der Waals surface area contributed by atoms with Crippen molar-refractivity contribution in [3.63, 3.8) is 0 Å². The summed E-state index contributed by atoms with van der Waals surface area (Å²) in [6, 6.07) is 16.6. The van der Waals surface area contributed by atoms with Gasteiger partial charge in [0.15, 0.2) is 6.61 Å². The molecule has 20 heavy (non-hydrogen) atoms. The molecule has 0 fully saturated rings. The maximum atomic E-state index is 10.5. The summed E-state index contributed by atoms with van der Waals surface area (Å²) >= 11 is 0. The first-order valence-corrected chi connectivity index (χ1v) is 6.03. The van der Waals surface area contributed by atoms with E-state index in [1.165, 1.54) is 0 Å². The van der Waals surface area contributed by atoms with Crippen LogP contribution in [-0.2, 0) is 4.79 Å². The summed E-state index contributed by atoms with van der Waals surface area (Å²) < 4.78 is 5.18. The summed E-state index contributed by atoms with van der Waals surface area (Å²) in [5.74, 6) is -0.535. The standard InChI is InChI=1S/C15H14N2O3/c18-15(19)11-20-14-9-5-4-6-12(14)10-16-17-13-7-2-1-3-8-13/h1-10,17H,11H2,(H,18,19). The first-order valence-electron chi connectivity index (χ1n) is 6.03. The second-order valence-corrected chi connectivity index (χ2v) is 3.96. The van der Waals surface area contributed by atoms with Crippen molar-refractivity contribution in [1.82, 2.24) is 0 Å². The summed E-state index contributed by atoms with van der Waals surface area (Å²) in [4.78, 5) is 10.5. The second-order valence-electron chi connectivity index (χ2n) is 3.96. The molecule has 0 saturated heterocycles. The minimum Gasteiger partial charge on any atom is -0.481 e. The van der Waals surface area contributed by atoms with Gasteiger partial charge in [0.1, 0.15) is 5.75 Å². The van der Waals surface area contributed by atoms with Crippen molar-refractivity contribution in [1.29, 1.82) is 0 Å². The van der Waals surface area contributed by atoms with Crippen LogP contribution < -0.4 is 10.2 Å². The van der Waals surface area contributed by atoms with Gasteiger partial charge in [-0.15, -0.1) is 0 Å². The van der Waals surface area contributed by atoms with Crippen LogP contribution in [0.3, 0.4) is 0 Å². The lowest BCUT2D eigenvalue weighted by molar-refractivity contribution is -0.139. The van der Waals surface area contributed by atoms with Crippen molar-refractivity contribution >= 4 is 17.9 Å². The quantitative estimate of drug-likeness (QED) is 0.625. The van der Waals surface area contributed by atoms with Crippen molar-refractivity contribution in [3.05, 3.63) is 60.2 Å². The van der Waals surface area contributed by atoms with Crippen molar-refractivity contribution < 1.29 is 14.6 Å². The molecule has 0 atom stereocenters. The Balaban J connectivity index is 2.03. The number of benzene rings is 2. The highest BCUT2D eigenvalue weighted by atomic mass is 16.5. The number of carboxylic acid groups (broad SMARTS) is 1. The number of para-hydroxylation sites is 2. The molecule has 0 bridgehead atoms. The molecule has 5 heteroatoms. The second kappa shape index (κ2) is 6.94. The van der Waals surface area contributed by atoms with E-state index in [1.54, 1.807) is 24.4 Å². The minimum atomic E-state index is -1.01. The number of rotatable bonds is 6. The van der Waals surface area contributed by atoms with Crippen LogP contribution in [0.4, 0.5) is 5.69 Å². The summed E-state index contributed by atoms with van der Waals surface area (Å²) in [5.41, 5.74) is 4.46. The van der Waals surface area contributed by atoms with E-state index in [0.717, 1.165) is 5.69 Å². The Kier molecular flexibility index (Phi) is 4.72. The molecule has 0 heterocycles. The Morgan fingerprint density at radius 3 is 2.60 bits per heavy atom.